The molecule has 2 rings (SSSR count). The molecule has 0 fully saturated rings. The van der Waals surface area contributed by atoms with E-state index in [1.54, 1.807) is 4.68 Å². The summed E-state index contributed by atoms with van der Waals surface area (Å²) in [6.45, 7) is 1.46. The zero-order valence-electron chi connectivity index (χ0n) is 9.42. The number of aromatic nitrogens is 3. The van der Waals surface area contributed by atoms with E-state index in [9.17, 15) is 0 Å². The summed E-state index contributed by atoms with van der Waals surface area (Å²) >= 11 is 5.64. The van der Waals surface area contributed by atoms with Gasteiger partial charge in [-0.1, -0.05) is 23.4 Å². The molecule has 0 amide bonds. The molecule has 0 bridgehead atoms. The predicted molar refractivity (Wildman–Crippen MR) is 66.1 cm³/mol. The smallest absolute Gasteiger partial charge is 0.119 e. The van der Waals surface area contributed by atoms with Gasteiger partial charge in [-0.05, 0) is 12.1 Å². The molecule has 5 heteroatoms. The molecule has 0 spiro atoms. The fourth-order valence-electron chi connectivity index (χ4n) is 1.44. The molecule has 0 radical (unpaired) electrons. The van der Waals surface area contributed by atoms with E-state index in [0.717, 1.165) is 24.4 Å². The molecule has 0 aliphatic rings. The Morgan fingerprint density at radius 3 is 2.76 bits per heavy atom. The van der Waals surface area contributed by atoms with Crippen LogP contribution in [-0.4, -0.2) is 21.6 Å². The van der Waals surface area contributed by atoms with Crippen molar-refractivity contribution in [2.75, 3.05) is 6.61 Å². The van der Waals surface area contributed by atoms with E-state index in [0.29, 0.717) is 12.5 Å². The van der Waals surface area contributed by atoms with Gasteiger partial charge < -0.3 is 4.74 Å². The predicted octanol–water partition coefficient (Wildman–Crippen LogP) is 2.49. The Kier molecular flexibility index (Phi) is 4.38. The van der Waals surface area contributed by atoms with Gasteiger partial charge in [0.25, 0.3) is 0 Å². The van der Waals surface area contributed by atoms with Crippen LogP contribution in [0.15, 0.2) is 36.5 Å². The number of halogens is 1. The first-order chi connectivity index (χ1) is 8.38. The molecular weight excluding hydrogens is 238 g/mol. The van der Waals surface area contributed by atoms with Crippen molar-refractivity contribution in [3.05, 3.63) is 42.2 Å². The molecule has 2 aromatic rings. The van der Waals surface area contributed by atoms with Crippen LogP contribution in [-0.2, 0) is 12.4 Å². The van der Waals surface area contributed by atoms with Gasteiger partial charge >= 0.3 is 0 Å². The number of para-hydroxylation sites is 1. The summed E-state index contributed by atoms with van der Waals surface area (Å²) in [5.41, 5.74) is 0.802. The van der Waals surface area contributed by atoms with Crippen molar-refractivity contribution in [3.8, 4) is 5.75 Å². The monoisotopic (exact) mass is 251 g/mol. The molecule has 0 atom stereocenters. The second kappa shape index (κ2) is 6.25. The van der Waals surface area contributed by atoms with Crippen molar-refractivity contribution in [3.63, 3.8) is 0 Å². The van der Waals surface area contributed by atoms with Gasteiger partial charge in [0.2, 0.25) is 0 Å². The highest BCUT2D eigenvalue weighted by Crippen LogP contribution is 2.08. The van der Waals surface area contributed by atoms with Crippen molar-refractivity contribution in [1.82, 2.24) is 15.0 Å². The second-order valence-electron chi connectivity index (χ2n) is 3.62. The zero-order chi connectivity index (χ0) is 11.9. The van der Waals surface area contributed by atoms with Gasteiger partial charge in [-0.15, -0.1) is 16.7 Å². The van der Waals surface area contributed by atoms with Crippen molar-refractivity contribution < 1.29 is 4.74 Å². The molecule has 90 valence electrons. The minimum absolute atomic E-state index is 0.403. The quantitative estimate of drug-likeness (QED) is 0.585. The highest BCUT2D eigenvalue weighted by Gasteiger charge is 1.98. The van der Waals surface area contributed by atoms with E-state index in [2.05, 4.69) is 10.3 Å². The van der Waals surface area contributed by atoms with Crippen LogP contribution in [0.4, 0.5) is 0 Å². The number of aryl methyl sites for hydroxylation is 1. The summed E-state index contributed by atoms with van der Waals surface area (Å²) in [6, 6.07) is 9.77. The van der Waals surface area contributed by atoms with Crippen molar-refractivity contribution >= 4 is 11.6 Å². The highest BCUT2D eigenvalue weighted by atomic mass is 35.5. The maximum Gasteiger partial charge on any atom is 0.119 e. The molecule has 0 saturated carbocycles. The minimum Gasteiger partial charge on any atom is -0.494 e. The molecule has 1 heterocycles. The van der Waals surface area contributed by atoms with Crippen LogP contribution >= 0.6 is 11.6 Å². The summed E-state index contributed by atoms with van der Waals surface area (Å²) in [5, 5.41) is 7.87. The van der Waals surface area contributed by atoms with Gasteiger partial charge in [0.15, 0.2) is 0 Å². The molecule has 0 N–H and O–H groups in total. The van der Waals surface area contributed by atoms with Gasteiger partial charge in [0.05, 0.1) is 18.2 Å². The lowest BCUT2D eigenvalue weighted by Gasteiger charge is -2.05. The van der Waals surface area contributed by atoms with Crippen molar-refractivity contribution in [2.24, 2.45) is 0 Å². The summed E-state index contributed by atoms with van der Waals surface area (Å²) in [5.74, 6) is 1.30. The molecule has 0 saturated heterocycles. The third kappa shape index (κ3) is 3.75. The molecular formula is C12H14ClN3O. The first-order valence-corrected chi connectivity index (χ1v) is 6.05. The molecule has 0 unspecified atom stereocenters. The highest BCUT2D eigenvalue weighted by molar-refractivity contribution is 6.16. The van der Waals surface area contributed by atoms with Gasteiger partial charge in [0.1, 0.15) is 5.75 Å². The Morgan fingerprint density at radius 2 is 2.06 bits per heavy atom. The standard InChI is InChI=1S/C12H14ClN3O/c13-9-11-10-16(15-14-11)7-4-8-17-12-5-2-1-3-6-12/h1-3,5-6,10H,4,7-9H2. The average Bonchev–Trinajstić information content (AvgIpc) is 2.84. The second-order valence-corrected chi connectivity index (χ2v) is 3.89. The average molecular weight is 252 g/mol. The molecule has 1 aromatic carbocycles. The summed E-state index contributed by atoms with van der Waals surface area (Å²) in [4.78, 5) is 0. The topological polar surface area (TPSA) is 39.9 Å². The number of nitrogens with zero attached hydrogens (tertiary/aromatic N) is 3. The van der Waals surface area contributed by atoms with E-state index in [1.165, 1.54) is 0 Å². The summed E-state index contributed by atoms with van der Waals surface area (Å²) in [6.07, 6.45) is 2.75. The number of hydrogen-bond acceptors (Lipinski definition) is 3. The number of hydrogen-bond donors (Lipinski definition) is 0. The maximum absolute atomic E-state index is 5.64. The molecule has 0 aliphatic carbocycles. The van der Waals surface area contributed by atoms with Crippen LogP contribution in [0, 0.1) is 0 Å². The van der Waals surface area contributed by atoms with Crippen molar-refractivity contribution in [2.45, 2.75) is 18.8 Å². The van der Waals surface area contributed by atoms with Crippen LogP contribution in [0.25, 0.3) is 0 Å². The lowest BCUT2D eigenvalue weighted by atomic mass is 10.3. The van der Waals surface area contributed by atoms with E-state index >= 15 is 0 Å². The summed E-state index contributed by atoms with van der Waals surface area (Å²) in [7, 11) is 0. The largest absolute Gasteiger partial charge is 0.494 e. The Labute approximate surface area is 105 Å². The summed E-state index contributed by atoms with van der Waals surface area (Å²) < 4.78 is 7.36. The van der Waals surface area contributed by atoms with Crippen LogP contribution < -0.4 is 4.74 Å². The van der Waals surface area contributed by atoms with Crippen LogP contribution in [0.3, 0.4) is 0 Å². The Balaban J connectivity index is 1.69. The SMILES string of the molecule is ClCc1cn(CCCOc2ccccc2)nn1. The first kappa shape index (κ1) is 11.9. The molecule has 1 aromatic heterocycles. The van der Waals surface area contributed by atoms with Crippen molar-refractivity contribution in [1.29, 1.82) is 0 Å². The molecule has 17 heavy (non-hydrogen) atoms. The minimum atomic E-state index is 0.403. The molecule has 0 aliphatic heterocycles. The number of ether oxygens (including phenoxy) is 1. The van der Waals surface area contributed by atoms with E-state index in [4.69, 9.17) is 16.3 Å². The Bertz CT molecular complexity index is 444. The number of rotatable bonds is 6. The van der Waals surface area contributed by atoms with Gasteiger partial charge in [0, 0.05) is 19.2 Å². The van der Waals surface area contributed by atoms with Gasteiger partial charge in [-0.25, -0.2) is 0 Å². The Hall–Kier alpha value is -1.55. The lowest BCUT2D eigenvalue weighted by molar-refractivity contribution is 0.298. The van der Waals surface area contributed by atoms with E-state index in [-0.39, 0.29) is 0 Å². The maximum atomic E-state index is 5.64. The van der Waals surface area contributed by atoms with Gasteiger partial charge in [-0.2, -0.15) is 0 Å². The number of benzene rings is 1. The fraction of sp³-hybridized carbons (Fsp3) is 0.333. The van der Waals surface area contributed by atoms with Crippen LogP contribution in [0.5, 0.6) is 5.75 Å². The number of alkyl halides is 1. The van der Waals surface area contributed by atoms with E-state index < -0.39 is 0 Å². The lowest BCUT2D eigenvalue weighted by Crippen LogP contribution is -2.05. The fourth-order valence-corrected chi connectivity index (χ4v) is 1.56. The Morgan fingerprint density at radius 1 is 1.24 bits per heavy atom. The normalized spacial score (nSPS) is 10.4. The zero-order valence-corrected chi connectivity index (χ0v) is 10.2. The van der Waals surface area contributed by atoms with Gasteiger partial charge in [-0.3, -0.25) is 4.68 Å². The first-order valence-electron chi connectivity index (χ1n) is 5.51. The third-order valence-corrected chi connectivity index (χ3v) is 2.54. The van der Waals surface area contributed by atoms with E-state index in [1.807, 2.05) is 36.5 Å². The van der Waals surface area contributed by atoms with Crippen LogP contribution in [0.2, 0.25) is 0 Å². The molecule has 4 nitrogen and oxygen atoms in total. The van der Waals surface area contributed by atoms with Crippen LogP contribution in [0.1, 0.15) is 12.1 Å². The third-order valence-electron chi connectivity index (χ3n) is 2.27.